The van der Waals surface area contributed by atoms with Gasteiger partial charge in [-0.1, -0.05) is 6.07 Å². The number of aliphatic hydroxyl groups excluding tert-OH is 1. The van der Waals surface area contributed by atoms with E-state index in [0.29, 0.717) is 13.1 Å². The lowest BCUT2D eigenvalue weighted by Gasteiger charge is -2.15. The number of carbonyl (C=O) groups is 1. The first-order valence-electron chi connectivity index (χ1n) is 6.21. The highest BCUT2D eigenvalue weighted by atomic mass is 19.1. The van der Waals surface area contributed by atoms with E-state index in [-0.39, 0.29) is 18.1 Å². The van der Waals surface area contributed by atoms with Gasteiger partial charge in [-0.2, -0.15) is 0 Å². The molecule has 0 spiro atoms. The lowest BCUT2D eigenvalue weighted by Crippen LogP contribution is -2.39. The quantitative estimate of drug-likeness (QED) is 0.680. The normalized spacial score (nSPS) is 12.1. The molecule has 1 atom stereocenters. The smallest absolute Gasteiger partial charge is 0.316 e. The molecule has 0 radical (unpaired) electrons. The molecule has 7 heteroatoms. The van der Waals surface area contributed by atoms with Crippen LogP contribution in [-0.4, -0.2) is 49.8 Å². The molecular weight excluding hydrogens is 268 g/mol. The molecule has 1 aromatic carbocycles. The highest BCUT2D eigenvalue weighted by Crippen LogP contribution is 2.19. The summed E-state index contributed by atoms with van der Waals surface area (Å²) in [5.74, 6) is -1.56. The van der Waals surface area contributed by atoms with Crippen molar-refractivity contribution in [2.75, 3.05) is 33.7 Å². The molecule has 3 N–H and O–H groups in total. The summed E-state index contributed by atoms with van der Waals surface area (Å²) in [4.78, 5) is 12.6. The molecule has 0 aliphatic heterocycles. The first-order chi connectivity index (χ1) is 9.43. The maximum absolute atomic E-state index is 13.4. The van der Waals surface area contributed by atoms with Gasteiger partial charge in [0, 0.05) is 33.7 Å². The Morgan fingerprint density at radius 3 is 2.45 bits per heavy atom. The van der Waals surface area contributed by atoms with Crippen molar-refractivity contribution in [2.45, 2.75) is 6.10 Å². The van der Waals surface area contributed by atoms with Gasteiger partial charge in [0.1, 0.15) is 11.6 Å². The van der Waals surface area contributed by atoms with E-state index >= 15 is 0 Å². The van der Waals surface area contributed by atoms with Gasteiger partial charge in [-0.05, 0) is 12.1 Å². The predicted molar refractivity (Wildman–Crippen MR) is 71.3 cm³/mol. The minimum absolute atomic E-state index is 0.00428. The molecule has 0 bridgehead atoms. The standard InChI is InChI=1S/C13H19F2N3O2/c1-18(2)13(20)17-7-6-16-8-11(19)12-9(14)4-3-5-10(12)15/h3-5,11,16,19H,6-8H2,1-2H3,(H,17,20). The van der Waals surface area contributed by atoms with Crippen LogP contribution in [0.4, 0.5) is 13.6 Å². The van der Waals surface area contributed by atoms with Crippen LogP contribution in [0.15, 0.2) is 18.2 Å². The number of carbonyl (C=O) groups excluding carboxylic acids is 1. The zero-order valence-electron chi connectivity index (χ0n) is 11.5. The van der Waals surface area contributed by atoms with Gasteiger partial charge in [0.2, 0.25) is 0 Å². The molecule has 20 heavy (non-hydrogen) atoms. The van der Waals surface area contributed by atoms with Crippen molar-refractivity contribution in [1.82, 2.24) is 15.5 Å². The van der Waals surface area contributed by atoms with Crippen LogP contribution in [-0.2, 0) is 0 Å². The van der Waals surface area contributed by atoms with Crippen LogP contribution in [0.5, 0.6) is 0 Å². The van der Waals surface area contributed by atoms with Crippen molar-refractivity contribution >= 4 is 6.03 Å². The zero-order valence-corrected chi connectivity index (χ0v) is 11.5. The van der Waals surface area contributed by atoms with Crippen LogP contribution >= 0.6 is 0 Å². The predicted octanol–water partition coefficient (Wildman–Crippen LogP) is 0.859. The minimum atomic E-state index is -1.28. The Labute approximate surface area is 116 Å². The van der Waals surface area contributed by atoms with Crippen molar-refractivity contribution in [1.29, 1.82) is 0 Å². The van der Waals surface area contributed by atoms with Crippen LogP contribution in [0.25, 0.3) is 0 Å². The van der Waals surface area contributed by atoms with Gasteiger partial charge in [0.05, 0.1) is 11.7 Å². The molecule has 5 nitrogen and oxygen atoms in total. The minimum Gasteiger partial charge on any atom is -0.387 e. The van der Waals surface area contributed by atoms with Crippen LogP contribution in [0, 0.1) is 11.6 Å². The van der Waals surface area contributed by atoms with Crippen LogP contribution < -0.4 is 10.6 Å². The molecule has 0 aliphatic rings. The molecule has 112 valence electrons. The maximum atomic E-state index is 13.4. The Bertz CT molecular complexity index is 435. The average molecular weight is 287 g/mol. The number of halogens is 2. The zero-order chi connectivity index (χ0) is 15.1. The van der Waals surface area contributed by atoms with Gasteiger partial charge in [0.15, 0.2) is 0 Å². The Morgan fingerprint density at radius 2 is 1.90 bits per heavy atom. The highest BCUT2D eigenvalue weighted by molar-refractivity contribution is 5.73. The molecule has 1 aromatic rings. The Hall–Kier alpha value is -1.73. The van der Waals surface area contributed by atoms with Gasteiger partial charge in [-0.25, -0.2) is 13.6 Å². The van der Waals surface area contributed by atoms with E-state index in [2.05, 4.69) is 10.6 Å². The monoisotopic (exact) mass is 287 g/mol. The summed E-state index contributed by atoms with van der Waals surface area (Å²) in [6, 6.07) is 3.20. The number of amides is 2. The molecule has 0 heterocycles. The van der Waals surface area contributed by atoms with E-state index in [9.17, 15) is 18.7 Å². The summed E-state index contributed by atoms with van der Waals surface area (Å²) in [6.07, 6.45) is -1.28. The molecular formula is C13H19F2N3O2. The van der Waals surface area contributed by atoms with Crippen LogP contribution in [0.1, 0.15) is 11.7 Å². The van der Waals surface area contributed by atoms with Crippen molar-refractivity contribution in [3.8, 4) is 0 Å². The third-order valence-electron chi connectivity index (χ3n) is 2.65. The Balaban J connectivity index is 2.34. The van der Waals surface area contributed by atoms with E-state index in [1.807, 2.05) is 0 Å². The summed E-state index contributed by atoms with van der Waals surface area (Å²) >= 11 is 0. The molecule has 0 saturated heterocycles. The second kappa shape index (κ2) is 7.76. The van der Waals surface area contributed by atoms with E-state index in [1.165, 1.54) is 11.0 Å². The molecule has 2 amide bonds. The maximum Gasteiger partial charge on any atom is 0.316 e. The summed E-state index contributed by atoms with van der Waals surface area (Å²) in [5.41, 5.74) is -0.350. The van der Waals surface area contributed by atoms with Crippen molar-refractivity contribution in [2.24, 2.45) is 0 Å². The second-order valence-electron chi connectivity index (χ2n) is 4.48. The van der Waals surface area contributed by atoms with Crippen molar-refractivity contribution < 1.29 is 18.7 Å². The first kappa shape index (κ1) is 16.3. The molecule has 0 aromatic heterocycles. The molecule has 1 unspecified atom stereocenters. The molecule has 1 rings (SSSR count). The van der Waals surface area contributed by atoms with Gasteiger partial charge in [-0.3, -0.25) is 0 Å². The SMILES string of the molecule is CN(C)C(=O)NCCNCC(O)c1c(F)cccc1F. The number of benzene rings is 1. The summed E-state index contributed by atoms with van der Waals surface area (Å²) in [6.45, 7) is 0.728. The first-order valence-corrected chi connectivity index (χ1v) is 6.21. The fourth-order valence-corrected chi connectivity index (χ4v) is 1.59. The van der Waals surface area contributed by atoms with E-state index < -0.39 is 17.7 Å². The Morgan fingerprint density at radius 1 is 1.30 bits per heavy atom. The number of nitrogens with one attached hydrogen (secondary N) is 2. The third-order valence-corrected chi connectivity index (χ3v) is 2.65. The number of nitrogens with zero attached hydrogens (tertiary/aromatic N) is 1. The lowest BCUT2D eigenvalue weighted by atomic mass is 10.1. The van der Waals surface area contributed by atoms with Gasteiger partial charge < -0.3 is 20.6 Å². The number of hydrogen-bond donors (Lipinski definition) is 3. The van der Waals surface area contributed by atoms with Crippen LogP contribution in [0.3, 0.4) is 0 Å². The fourth-order valence-electron chi connectivity index (χ4n) is 1.59. The summed E-state index contributed by atoms with van der Waals surface area (Å²) in [7, 11) is 3.24. The average Bonchev–Trinajstić information content (AvgIpc) is 2.37. The topological polar surface area (TPSA) is 64.6 Å². The highest BCUT2D eigenvalue weighted by Gasteiger charge is 2.17. The van der Waals surface area contributed by atoms with E-state index in [1.54, 1.807) is 14.1 Å². The number of hydrogen-bond acceptors (Lipinski definition) is 3. The third kappa shape index (κ3) is 4.75. The Kier molecular flexibility index (Phi) is 6.33. The van der Waals surface area contributed by atoms with Crippen molar-refractivity contribution in [3.05, 3.63) is 35.4 Å². The van der Waals surface area contributed by atoms with Crippen molar-refractivity contribution in [3.63, 3.8) is 0 Å². The fraction of sp³-hybridized carbons (Fsp3) is 0.462. The molecule has 0 saturated carbocycles. The number of rotatable bonds is 6. The largest absolute Gasteiger partial charge is 0.387 e. The summed E-state index contributed by atoms with van der Waals surface area (Å²) in [5, 5.41) is 15.2. The number of aliphatic hydroxyl groups is 1. The van der Waals surface area contributed by atoms with E-state index in [4.69, 9.17) is 0 Å². The summed E-state index contributed by atoms with van der Waals surface area (Å²) < 4.78 is 26.8. The van der Waals surface area contributed by atoms with Gasteiger partial charge in [0.25, 0.3) is 0 Å². The molecule has 0 fully saturated rings. The van der Waals surface area contributed by atoms with Gasteiger partial charge >= 0.3 is 6.03 Å². The van der Waals surface area contributed by atoms with Gasteiger partial charge in [-0.15, -0.1) is 0 Å². The molecule has 0 aliphatic carbocycles. The number of urea groups is 1. The second-order valence-corrected chi connectivity index (χ2v) is 4.48. The van der Waals surface area contributed by atoms with E-state index in [0.717, 1.165) is 12.1 Å². The van der Waals surface area contributed by atoms with Crippen LogP contribution in [0.2, 0.25) is 0 Å². The lowest BCUT2D eigenvalue weighted by molar-refractivity contribution is 0.165.